The zero-order valence-electron chi connectivity index (χ0n) is 21.4. The fourth-order valence-corrected chi connectivity index (χ4v) is 21.9. The second-order valence-electron chi connectivity index (χ2n) is 11.1. The van der Waals surface area contributed by atoms with Gasteiger partial charge >= 0.3 is 0 Å². The molecule has 0 aromatic carbocycles. The number of nitrogen functional groups attached to an aromatic ring is 1. The lowest BCUT2D eigenvalue weighted by molar-refractivity contribution is -0.0411. The van der Waals surface area contributed by atoms with E-state index in [0.717, 1.165) is 12.1 Å². The Bertz CT molecular complexity index is 964. The van der Waals surface area contributed by atoms with E-state index in [1.807, 2.05) is 4.57 Å². The average molecular weight is 492 g/mol. The first kappa shape index (κ1) is 24.8. The number of hydrogen-bond acceptors (Lipinski definition) is 7. The van der Waals surface area contributed by atoms with Crippen LogP contribution in [0.15, 0.2) is 12.7 Å². The van der Waals surface area contributed by atoms with E-state index < -0.39 is 16.6 Å². The van der Waals surface area contributed by atoms with Gasteiger partial charge in [0, 0.05) is 6.42 Å². The zero-order valence-corrected chi connectivity index (χ0v) is 23.4. The summed E-state index contributed by atoms with van der Waals surface area (Å²) in [7, 11) is -4.24. The van der Waals surface area contributed by atoms with Crippen LogP contribution in [0.1, 0.15) is 68.0 Å². The molecule has 0 spiro atoms. The third kappa shape index (κ3) is 4.07. The topological polar surface area (TPSA) is 97.3 Å². The van der Waals surface area contributed by atoms with Gasteiger partial charge in [-0.05, 0) is 27.8 Å². The molecular formula is C23H41N5O3Si2. The molecule has 0 radical (unpaired) electrons. The van der Waals surface area contributed by atoms with Crippen molar-refractivity contribution in [2.24, 2.45) is 0 Å². The minimum atomic E-state index is -2.16. The van der Waals surface area contributed by atoms with Crippen molar-refractivity contribution in [2.75, 3.05) is 12.3 Å². The summed E-state index contributed by atoms with van der Waals surface area (Å²) in [5.74, 6) is 0.387. The third-order valence-electron chi connectivity index (χ3n) is 8.23. The Morgan fingerprint density at radius 3 is 2.15 bits per heavy atom. The molecule has 2 fully saturated rings. The second-order valence-corrected chi connectivity index (χ2v) is 21.5. The van der Waals surface area contributed by atoms with Crippen LogP contribution in [0.5, 0.6) is 0 Å². The van der Waals surface area contributed by atoms with Crippen LogP contribution in [0.2, 0.25) is 27.8 Å². The average Bonchev–Trinajstić information content (AvgIpc) is 3.32. The van der Waals surface area contributed by atoms with Gasteiger partial charge in [-0.1, -0.05) is 55.4 Å². The highest BCUT2D eigenvalue weighted by molar-refractivity contribution is 6.94. The molecular weight excluding hydrogens is 450 g/mol. The summed E-state index contributed by atoms with van der Waals surface area (Å²) in [6, 6.07) is 0. The van der Waals surface area contributed by atoms with Crippen molar-refractivity contribution in [1.82, 2.24) is 19.5 Å². The van der Waals surface area contributed by atoms with Crippen LogP contribution in [0.25, 0.3) is 11.2 Å². The number of aromatic nitrogens is 4. The van der Waals surface area contributed by atoms with E-state index in [0.29, 0.717) is 45.8 Å². The van der Waals surface area contributed by atoms with Gasteiger partial charge in [0.1, 0.15) is 24.2 Å². The third-order valence-corrected chi connectivity index (χ3v) is 21.9. The number of anilines is 1. The molecule has 184 valence electrons. The van der Waals surface area contributed by atoms with Gasteiger partial charge < -0.3 is 19.3 Å². The Morgan fingerprint density at radius 1 is 0.909 bits per heavy atom. The minimum Gasteiger partial charge on any atom is -0.414 e. The second kappa shape index (κ2) is 9.03. The Morgan fingerprint density at radius 2 is 1.55 bits per heavy atom. The van der Waals surface area contributed by atoms with Crippen LogP contribution in [0.3, 0.4) is 0 Å². The monoisotopic (exact) mass is 491 g/mol. The van der Waals surface area contributed by atoms with E-state index in [4.69, 9.17) is 19.3 Å². The molecule has 0 bridgehead atoms. The number of fused-ring (bicyclic) bond motifs is 2. The number of imidazole rings is 1. The number of nitrogens with two attached hydrogens (primary N) is 1. The van der Waals surface area contributed by atoms with Crippen LogP contribution < -0.4 is 5.73 Å². The van der Waals surface area contributed by atoms with Gasteiger partial charge in [-0.2, -0.15) is 0 Å². The SMILES string of the molecule is CC(C)[Si]1(C(C)C)C[Si](C(C)C)(C(C)C)O[C@H]2C[C@H](n3cnc4c(N)ncnc43)O[C@@H]2CO1. The van der Waals surface area contributed by atoms with Crippen LogP contribution in [-0.4, -0.2) is 55.0 Å². The molecule has 3 atom stereocenters. The Labute approximate surface area is 199 Å². The molecule has 0 unspecified atom stereocenters. The van der Waals surface area contributed by atoms with Crippen molar-refractivity contribution in [3.05, 3.63) is 12.7 Å². The summed E-state index contributed by atoms with van der Waals surface area (Å²) in [5.41, 5.74) is 10.5. The lowest BCUT2D eigenvalue weighted by Crippen LogP contribution is -2.61. The van der Waals surface area contributed by atoms with E-state index in [2.05, 4.69) is 70.3 Å². The van der Waals surface area contributed by atoms with Gasteiger partial charge in [0.2, 0.25) is 0 Å². The zero-order chi connectivity index (χ0) is 24.1. The molecule has 0 saturated carbocycles. The van der Waals surface area contributed by atoms with Crippen molar-refractivity contribution in [1.29, 1.82) is 0 Å². The Balaban J connectivity index is 1.72. The van der Waals surface area contributed by atoms with Gasteiger partial charge in [0.15, 0.2) is 28.1 Å². The first-order chi connectivity index (χ1) is 15.5. The molecule has 2 aliphatic rings. The summed E-state index contributed by atoms with van der Waals surface area (Å²) in [6.45, 7) is 19.4. The van der Waals surface area contributed by atoms with E-state index in [9.17, 15) is 0 Å². The molecule has 2 N–H and O–H groups in total. The van der Waals surface area contributed by atoms with Crippen molar-refractivity contribution in [3.63, 3.8) is 0 Å². The number of nitrogens with zero attached hydrogens (tertiary/aromatic N) is 4. The fourth-order valence-electron chi connectivity index (χ4n) is 6.02. The van der Waals surface area contributed by atoms with Gasteiger partial charge in [-0.15, -0.1) is 0 Å². The molecule has 2 aromatic rings. The smallest absolute Gasteiger partial charge is 0.198 e. The quantitative estimate of drug-likeness (QED) is 0.575. The van der Waals surface area contributed by atoms with Gasteiger partial charge in [0.25, 0.3) is 0 Å². The van der Waals surface area contributed by atoms with Gasteiger partial charge in [-0.25, -0.2) is 15.0 Å². The largest absolute Gasteiger partial charge is 0.414 e. The minimum absolute atomic E-state index is 0.00873. The lowest BCUT2D eigenvalue weighted by atomic mass is 10.2. The van der Waals surface area contributed by atoms with Crippen LogP contribution in [0.4, 0.5) is 5.82 Å². The van der Waals surface area contributed by atoms with E-state index >= 15 is 0 Å². The molecule has 0 amide bonds. The van der Waals surface area contributed by atoms with E-state index in [1.165, 1.54) is 6.33 Å². The summed E-state index contributed by atoms with van der Waals surface area (Å²) in [5, 5.41) is 0. The van der Waals surface area contributed by atoms with Gasteiger partial charge in [0.05, 0.1) is 19.0 Å². The maximum Gasteiger partial charge on any atom is 0.198 e. The van der Waals surface area contributed by atoms with E-state index in [-0.39, 0.29) is 18.4 Å². The highest BCUT2D eigenvalue weighted by Crippen LogP contribution is 2.50. The van der Waals surface area contributed by atoms with E-state index in [1.54, 1.807) is 6.33 Å². The number of ether oxygens (including phenoxy) is 1. The highest BCUT2D eigenvalue weighted by atomic mass is 28.4. The van der Waals surface area contributed by atoms with Crippen molar-refractivity contribution in [2.45, 2.75) is 108 Å². The summed E-state index contributed by atoms with van der Waals surface area (Å²) in [6.07, 6.45) is 3.71. The molecule has 2 aromatic heterocycles. The van der Waals surface area contributed by atoms with Gasteiger partial charge in [-0.3, -0.25) is 4.57 Å². The van der Waals surface area contributed by atoms with Crippen LogP contribution >= 0.6 is 0 Å². The standard InChI is InChI=1S/C23H41N5O3Si2/c1-14(2)32(15(3)4)13-33(16(5)6,17(7)8)31-18-9-20(30-19(18)10-29-32)28-12-27-21-22(24)25-11-26-23(21)28/h11-12,14-20H,9-10,13H2,1-8H3,(H2,24,25,26)/t18-,19+,20+/m0/s1. The molecule has 33 heavy (non-hydrogen) atoms. The first-order valence-corrected chi connectivity index (χ1v) is 17.0. The number of hydrogen-bond donors (Lipinski definition) is 1. The normalized spacial score (nSPS) is 27.5. The predicted molar refractivity (Wildman–Crippen MR) is 136 cm³/mol. The van der Waals surface area contributed by atoms with Crippen LogP contribution in [-0.2, 0) is 13.6 Å². The summed E-state index contributed by atoms with van der Waals surface area (Å²) >= 11 is 0. The highest BCUT2D eigenvalue weighted by Gasteiger charge is 2.58. The first-order valence-electron chi connectivity index (χ1n) is 12.4. The summed E-state index contributed by atoms with van der Waals surface area (Å²) in [4.78, 5) is 12.9. The maximum atomic E-state index is 7.32. The Kier molecular flexibility index (Phi) is 6.78. The van der Waals surface area contributed by atoms with Crippen molar-refractivity contribution in [3.8, 4) is 0 Å². The maximum absolute atomic E-state index is 7.32. The molecule has 2 saturated heterocycles. The molecule has 2 aliphatic heterocycles. The molecule has 4 rings (SSSR count). The molecule has 4 heterocycles. The van der Waals surface area contributed by atoms with Crippen molar-refractivity contribution < 1.29 is 13.6 Å². The fraction of sp³-hybridized carbons (Fsp3) is 0.783. The Hall–Kier alpha value is -1.34. The molecule has 10 heteroatoms. The van der Waals surface area contributed by atoms with Crippen molar-refractivity contribution >= 4 is 33.6 Å². The number of rotatable bonds is 5. The van der Waals surface area contributed by atoms with Crippen LogP contribution in [0, 0.1) is 0 Å². The lowest BCUT2D eigenvalue weighted by Gasteiger charge is -2.51. The molecule has 0 aliphatic carbocycles. The summed E-state index contributed by atoms with van der Waals surface area (Å²) < 4.78 is 22.9. The predicted octanol–water partition coefficient (Wildman–Crippen LogP) is 5.18. The molecule has 8 nitrogen and oxygen atoms in total.